The molecule has 0 aliphatic carbocycles. The molecule has 0 bridgehead atoms. The number of ether oxygens (including phenoxy) is 2. The Hall–Kier alpha value is -1.68. The highest BCUT2D eigenvalue weighted by Gasteiger charge is 2.12. The zero-order valence-corrected chi connectivity index (χ0v) is 11.5. The molecule has 0 amide bonds. The second-order valence-corrected chi connectivity index (χ2v) is 4.59. The molecule has 0 atom stereocenters. The number of nitrogens with zero attached hydrogens (tertiary/aromatic N) is 1. The minimum Gasteiger partial charge on any atom is -0.488 e. The molecule has 1 fully saturated rings. The van der Waals surface area contributed by atoms with Gasteiger partial charge in [-0.1, -0.05) is 6.58 Å². The average molecular weight is 262 g/mol. The first-order valence-electron chi connectivity index (χ1n) is 6.78. The van der Waals surface area contributed by atoms with E-state index in [-0.39, 0.29) is 0 Å². The van der Waals surface area contributed by atoms with Gasteiger partial charge >= 0.3 is 0 Å². The van der Waals surface area contributed by atoms with Crippen molar-refractivity contribution < 1.29 is 9.47 Å². The van der Waals surface area contributed by atoms with Crippen LogP contribution in [0, 0.1) is 0 Å². The Balaban J connectivity index is 1.91. The van der Waals surface area contributed by atoms with Crippen LogP contribution in [-0.2, 0) is 0 Å². The maximum absolute atomic E-state index is 5.81. The van der Waals surface area contributed by atoms with E-state index in [0.717, 1.165) is 18.0 Å². The van der Waals surface area contributed by atoms with Crippen LogP contribution in [0.5, 0.6) is 11.5 Å². The highest BCUT2D eigenvalue weighted by molar-refractivity contribution is 5.54. The molecule has 1 heterocycles. The maximum Gasteiger partial charge on any atom is 0.170 e. The fourth-order valence-electron chi connectivity index (χ4n) is 2.26. The van der Waals surface area contributed by atoms with Crippen LogP contribution in [0.15, 0.2) is 31.0 Å². The molecule has 0 radical (unpaired) electrons. The van der Waals surface area contributed by atoms with Crippen molar-refractivity contribution in [3.63, 3.8) is 0 Å². The quantitative estimate of drug-likeness (QED) is 0.766. The zero-order chi connectivity index (χ0) is 13.5. The zero-order valence-electron chi connectivity index (χ0n) is 11.5. The Morgan fingerprint density at radius 2 is 2.11 bits per heavy atom. The van der Waals surface area contributed by atoms with Crippen molar-refractivity contribution in [1.29, 1.82) is 0 Å². The van der Waals surface area contributed by atoms with Gasteiger partial charge in [-0.2, -0.15) is 0 Å². The van der Waals surface area contributed by atoms with Crippen LogP contribution >= 0.6 is 0 Å². The van der Waals surface area contributed by atoms with Crippen molar-refractivity contribution in [3.8, 4) is 11.5 Å². The molecule has 1 aliphatic heterocycles. The number of benzene rings is 1. The van der Waals surface area contributed by atoms with Gasteiger partial charge in [0.2, 0.25) is 0 Å². The summed E-state index contributed by atoms with van der Waals surface area (Å²) in [6.07, 6.45) is 4.03. The van der Waals surface area contributed by atoms with Crippen LogP contribution in [0.4, 0.5) is 5.69 Å². The Bertz CT molecular complexity index is 415. The van der Waals surface area contributed by atoms with Crippen molar-refractivity contribution in [2.24, 2.45) is 0 Å². The van der Waals surface area contributed by atoms with Crippen LogP contribution in [0.3, 0.4) is 0 Å². The van der Waals surface area contributed by atoms with Crippen molar-refractivity contribution in [1.82, 2.24) is 4.90 Å². The number of nitrogens with one attached hydrogen (secondary N) is 1. The fraction of sp³-hybridized carbons (Fsp3) is 0.467. The van der Waals surface area contributed by atoms with Gasteiger partial charge in [0.05, 0.1) is 6.26 Å². The summed E-state index contributed by atoms with van der Waals surface area (Å²) in [5, 5.41) is 3.08. The molecule has 0 aromatic heterocycles. The van der Waals surface area contributed by atoms with E-state index in [2.05, 4.69) is 16.8 Å². The third-order valence-corrected chi connectivity index (χ3v) is 3.31. The molecule has 1 saturated heterocycles. The number of hydrogen-bond donors (Lipinski definition) is 1. The summed E-state index contributed by atoms with van der Waals surface area (Å²) >= 11 is 0. The van der Waals surface area contributed by atoms with Crippen LogP contribution in [0.1, 0.15) is 12.8 Å². The lowest BCUT2D eigenvalue weighted by Crippen LogP contribution is -2.25. The van der Waals surface area contributed by atoms with Crippen LogP contribution < -0.4 is 14.8 Å². The molecular formula is C15H22N2O2. The first-order chi connectivity index (χ1) is 9.33. The summed E-state index contributed by atoms with van der Waals surface area (Å²) < 4.78 is 11.2. The van der Waals surface area contributed by atoms with Crippen molar-refractivity contribution in [2.75, 3.05) is 38.6 Å². The smallest absolute Gasteiger partial charge is 0.170 e. The molecule has 104 valence electrons. The average Bonchev–Trinajstić information content (AvgIpc) is 2.94. The van der Waals surface area contributed by atoms with E-state index in [1.54, 1.807) is 0 Å². The maximum atomic E-state index is 5.81. The van der Waals surface area contributed by atoms with Gasteiger partial charge in [0.15, 0.2) is 11.5 Å². The Labute approximate surface area is 115 Å². The first-order valence-corrected chi connectivity index (χ1v) is 6.78. The van der Waals surface area contributed by atoms with E-state index in [4.69, 9.17) is 9.47 Å². The van der Waals surface area contributed by atoms with E-state index in [1.807, 2.05) is 25.2 Å². The molecule has 1 N–H and O–H groups in total. The summed E-state index contributed by atoms with van der Waals surface area (Å²) in [7, 11) is 1.88. The highest BCUT2D eigenvalue weighted by Crippen LogP contribution is 2.30. The predicted octanol–water partition coefficient (Wildman–Crippen LogP) is 2.73. The molecule has 19 heavy (non-hydrogen) atoms. The summed E-state index contributed by atoms with van der Waals surface area (Å²) in [6.45, 7) is 7.63. The summed E-state index contributed by atoms with van der Waals surface area (Å²) in [5.74, 6) is 1.46. The second-order valence-electron chi connectivity index (χ2n) is 4.59. The molecule has 1 aromatic carbocycles. The lowest BCUT2D eigenvalue weighted by Gasteiger charge is -2.16. The largest absolute Gasteiger partial charge is 0.488 e. The van der Waals surface area contributed by atoms with E-state index < -0.39 is 0 Å². The van der Waals surface area contributed by atoms with Crippen molar-refractivity contribution >= 4 is 5.69 Å². The third kappa shape index (κ3) is 3.89. The summed E-state index contributed by atoms with van der Waals surface area (Å²) in [4.78, 5) is 2.43. The van der Waals surface area contributed by atoms with Gasteiger partial charge in [0, 0.05) is 25.3 Å². The van der Waals surface area contributed by atoms with Crippen molar-refractivity contribution in [2.45, 2.75) is 12.8 Å². The van der Waals surface area contributed by atoms with Gasteiger partial charge in [-0.05, 0) is 38.1 Å². The van der Waals surface area contributed by atoms with Crippen molar-refractivity contribution in [3.05, 3.63) is 31.0 Å². The molecule has 1 aromatic rings. The Morgan fingerprint density at radius 1 is 1.32 bits per heavy atom. The normalized spacial score (nSPS) is 15.2. The number of hydrogen-bond acceptors (Lipinski definition) is 4. The Kier molecular flexibility index (Phi) is 5.10. The highest BCUT2D eigenvalue weighted by atomic mass is 16.5. The minimum atomic E-state index is 0.687. The predicted molar refractivity (Wildman–Crippen MR) is 78.0 cm³/mol. The molecule has 0 spiro atoms. The van der Waals surface area contributed by atoms with Gasteiger partial charge in [-0.15, -0.1) is 0 Å². The standard InChI is InChI=1S/C15H22N2O2/c1-3-18-15-12-13(16-2)6-7-14(15)19-11-10-17-8-4-5-9-17/h3,6-7,12,16H,1,4-5,8-11H2,2H3. The van der Waals surface area contributed by atoms with E-state index >= 15 is 0 Å². The fourth-order valence-corrected chi connectivity index (χ4v) is 2.26. The van der Waals surface area contributed by atoms with Crippen LogP contribution in [0.25, 0.3) is 0 Å². The summed E-state index contributed by atoms with van der Waals surface area (Å²) in [6, 6.07) is 5.81. The minimum absolute atomic E-state index is 0.687. The molecule has 2 rings (SSSR count). The van der Waals surface area contributed by atoms with Gasteiger partial charge in [0.1, 0.15) is 6.61 Å². The topological polar surface area (TPSA) is 33.7 Å². The monoisotopic (exact) mass is 262 g/mol. The molecule has 0 unspecified atom stereocenters. The lowest BCUT2D eigenvalue weighted by molar-refractivity contribution is 0.232. The lowest BCUT2D eigenvalue weighted by atomic mass is 10.3. The number of rotatable bonds is 7. The van der Waals surface area contributed by atoms with Gasteiger partial charge in [-0.3, -0.25) is 4.90 Å². The number of anilines is 1. The molecule has 0 saturated carbocycles. The number of likely N-dealkylation sites (tertiary alicyclic amines) is 1. The van der Waals surface area contributed by atoms with Gasteiger partial charge in [-0.25, -0.2) is 0 Å². The van der Waals surface area contributed by atoms with E-state index in [1.165, 1.54) is 32.2 Å². The van der Waals surface area contributed by atoms with E-state index in [0.29, 0.717) is 12.4 Å². The summed E-state index contributed by atoms with van der Waals surface area (Å²) in [5.41, 5.74) is 0.990. The molecule has 1 aliphatic rings. The molecule has 4 nitrogen and oxygen atoms in total. The van der Waals surface area contributed by atoms with Crippen LogP contribution in [-0.4, -0.2) is 38.2 Å². The first kappa shape index (κ1) is 13.7. The van der Waals surface area contributed by atoms with Gasteiger partial charge < -0.3 is 14.8 Å². The van der Waals surface area contributed by atoms with Crippen LogP contribution in [0.2, 0.25) is 0 Å². The van der Waals surface area contributed by atoms with Gasteiger partial charge in [0.25, 0.3) is 0 Å². The molecular weight excluding hydrogens is 240 g/mol. The SMILES string of the molecule is C=COc1cc(NC)ccc1OCCN1CCCC1. The molecule has 4 heteroatoms. The third-order valence-electron chi connectivity index (χ3n) is 3.31. The van der Waals surface area contributed by atoms with E-state index in [9.17, 15) is 0 Å². The Morgan fingerprint density at radius 3 is 2.79 bits per heavy atom. The second kappa shape index (κ2) is 7.04.